The number of nitrogens with one attached hydrogen (secondary N) is 1. The van der Waals surface area contributed by atoms with Crippen molar-refractivity contribution in [3.05, 3.63) is 45.4 Å². The number of benzene rings is 1. The van der Waals surface area contributed by atoms with E-state index in [0.717, 1.165) is 29.5 Å². The molecule has 0 radical (unpaired) electrons. The summed E-state index contributed by atoms with van der Waals surface area (Å²) in [7, 11) is 0. The van der Waals surface area contributed by atoms with Crippen LogP contribution in [0.1, 0.15) is 47.8 Å². The second kappa shape index (κ2) is 7.57. The molecule has 0 saturated heterocycles. The van der Waals surface area contributed by atoms with Crippen LogP contribution in [0.5, 0.6) is 5.75 Å². The van der Waals surface area contributed by atoms with Gasteiger partial charge < -0.3 is 10.1 Å². The Morgan fingerprint density at radius 3 is 2.86 bits per heavy atom. The van der Waals surface area contributed by atoms with E-state index in [1.807, 2.05) is 12.1 Å². The molecule has 1 aromatic heterocycles. The number of thiazole rings is 1. The van der Waals surface area contributed by atoms with Crippen LogP contribution in [0.25, 0.3) is 0 Å². The Bertz CT molecular complexity index is 578. The lowest BCUT2D eigenvalue weighted by molar-refractivity contribution is 0.305. The summed E-state index contributed by atoms with van der Waals surface area (Å²) in [5, 5.41) is 4.38. The first kappa shape index (κ1) is 16.0. The number of hydrogen-bond donors (Lipinski definition) is 1. The molecule has 1 N–H and O–H groups in total. The molecule has 0 atom stereocenters. The quantitative estimate of drug-likeness (QED) is 0.829. The van der Waals surface area contributed by atoms with Gasteiger partial charge in [-0.3, -0.25) is 0 Å². The number of nitrogens with zero attached hydrogens (tertiary/aromatic N) is 1. The standard InChI is InChI=1S/C17H24N2OS/c1-5-18-10-16-13(4)19-17(21-16)11-20-15-8-6-7-14(9-15)12(2)3/h6-9,12,18H,5,10-11H2,1-4H3. The molecule has 21 heavy (non-hydrogen) atoms. The molecule has 0 bridgehead atoms. The van der Waals surface area contributed by atoms with Crippen LogP contribution in [0.4, 0.5) is 0 Å². The van der Waals surface area contributed by atoms with Gasteiger partial charge in [-0.1, -0.05) is 32.9 Å². The molecular formula is C17H24N2OS. The Balaban J connectivity index is 1.98. The van der Waals surface area contributed by atoms with Crippen LogP contribution in [-0.2, 0) is 13.2 Å². The third-order valence-electron chi connectivity index (χ3n) is 3.36. The van der Waals surface area contributed by atoms with Crippen LogP contribution >= 0.6 is 11.3 Å². The van der Waals surface area contributed by atoms with Crippen LogP contribution in [-0.4, -0.2) is 11.5 Å². The topological polar surface area (TPSA) is 34.1 Å². The third kappa shape index (κ3) is 4.55. The van der Waals surface area contributed by atoms with Crippen molar-refractivity contribution in [1.29, 1.82) is 0 Å². The predicted octanol–water partition coefficient (Wildman–Crippen LogP) is 4.26. The maximum Gasteiger partial charge on any atom is 0.140 e. The monoisotopic (exact) mass is 304 g/mol. The van der Waals surface area contributed by atoms with Gasteiger partial charge in [0, 0.05) is 11.4 Å². The SMILES string of the molecule is CCNCc1sc(COc2cccc(C(C)C)c2)nc1C. The zero-order valence-electron chi connectivity index (χ0n) is 13.3. The number of ether oxygens (including phenoxy) is 1. The van der Waals surface area contributed by atoms with Crippen LogP contribution in [0, 0.1) is 6.92 Å². The van der Waals surface area contributed by atoms with Gasteiger partial charge in [0.2, 0.25) is 0 Å². The van der Waals surface area contributed by atoms with Crippen molar-refractivity contribution >= 4 is 11.3 Å². The fraction of sp³-hybridized carbons (Fsp3) is 0.471. The molecule has 0 amide bonds. The Morgan fingerprint density at radius 2 is 2.14 bits per heavy atom. The van der Waals surface area contributed by atoms with Crippen molar-refractivity contribution in [3.63, 3.8) is 0 Å². The number of rotatable bonds is 7. The molecule has 114 valence electrons. The molecule has 0 saturated carbocycles. The number of aryl methyl sites for hydroxylation is 1. The highest BCUT2D eigenvalue weighted by Crippen LogP contribution is 2.23. The third-order valence-corrected chi connectivity index (χ3v) is 4.49. The molecule has 3 nitrogen and oxygen atoms in total. The second-order valence-corrected chi connectivity index (χ2v) is 6.58. The van der Waals surface area contributed by atoms with Gasteiger partial charge >= 0.3 is 0 Å². The summed E-state index contributed by atoms with van der Waals surface area (Å²) in [5.41, 5.74) is 2.41. The molecule has 0 fully saturated rings. The predicted molar refractivity (Wildman–Crippen MR) is 89.1 cm³/mol. The van der Waals surface area contributed by atoms with Crippen LogP contribution in [0.15, 0.2) is 24.3 Å². The zero-order chi connectivity index (χ0) is 15.2. The van der Waals surface area contributed by atoms with Crippen LogP contribution < -0.4 is 10.1 Å². The van der Waals surface area contributed by atoms with Crippen molar-refractivity contribution < 1.29 is 4.74 Å². The highest BCUT2D eigenvalue weighted by atomic mass is 32.1. The molecule has 0 aliphatic rings. The Morgan fingerprint density at radius 1 is 1.33 bits per heavy atom. The van der Waals surface area contributed by atoms with Gasteiger partial charge in [0.05, 0.1) is 5.69 Å². The fourth-order valence-corrected chi connectivity index (χ4v) is 3.01. The van der Waals surface area contributed by atoms with E-state index in [4.69, 9.17) is 4.74 Å². The normalized spacial score (nSPS) is 11.1. The van der Waals surface area contributed by atoms with E-state index in [-0.39, 0.29) is 0 Å². The molecule has 2 rings (SSSR count). The van der Waals surface area contributed by atoms with E-state index < -0.39 is 0 Å². The molecule has 0 unspecified atom stereocenters. The second-order valence-electron chi connectivity index (χ2n) is 5.41. The summed E-state index contributed by atoms with van der Waals surface area (Å²) in [6.45, 7) is 11.0. The average Bonchev–Trinajstić information content (AvgIpc) is 2.83. The minimum atomic E-state index is 0.516. The first-order valence-electron chi connectivity index (χ1n) is 7.48. The number of hydrogen-bond acceptors (Lipinski definition) is 4. The van der Waals surface area contributed by atoms with Gasteiger partial charge in [-0.15, -0.1) is 11.3 Å². The molecule has 1 heterocycles. The van der Waals surface area contributed by atoms with Crippen LogP contribution in [0.3, 0.4) is 0 Å². The average molecular weight is 304 g/mol. The zero-order valence-corrected chi connectivity index (χ0v) is 14.1. The summed E-state index contributed by atoms with van der Waals surface area (Å²) in [6.07, 6.45) is 0. The highest BCUT2D eigenvalue weighted by Gasteiger charge is 2.08. The summed E-state index contributed by atoms with van der Waals surface area (Å²) in [6, 6.07) is 8.31. The molecular weight excluding hydrogens is 280 g/mol. The van der Waals surface area contributed by atoms with Gasteiger partial charge in [-0.25, -0.2) is 4.98 Å². The van der Waals surface area contributed by atoms with E-state index in [1.54, 1.807) is 11.3 Å². The molecule has 1 aromatic carbocycles. The van der Waals surface area contributed by atoms with Gasteiger partial charge in [0.15, 0.2) is 0 Å². The van der Waals surface area contributed by atoms with Gasteiger partial charge in [-0.2, -0.15) is 0 Å². The summed E-state index contributed by atoms with van der Waals surface area (Å²) in [4.78, 5) is 5.89. The lowest BCUT2D eigenvalue weighted by atomic mass is 10.0. The Kier molecular flexibility index (Phi) is 5.76. The molecule has 0 spiro atoms. The van der Waals surface area contributed by atoms with Crippen molar-refractivity contribution in [1.82, 2.24) is 10.3 Å². The Labute approximate surface area is 131 Å². The first-order valence-corrected chi connectivity index (χ1v) is 8.30. The highest BCUT2D eigenvalue weighted by molar-refractivity contribution is 7.11. The van der Waals surface area contributed by atoms with Gasteiger partial charge in [-0.05, 0) is 37.1 Å². The summed E-state index contributed by atoms with van der Waals surface area (Å²) < 4.78 is 5.88. The molecule has 2 aromatic rings. The van der Waals surface area contributed by atoms with E-state index in [2.05, 4.69) is 50.1 Å². The number of aromatic nitrogens is 1. The smallest absolute Gasteiger partial charge is 0.140 e. The Hall–Kier alpha value is -1.39. The largest absolute Gasteiger partial charge is 0.486 e. The summed E-state index contributed by atoms with van der Waals surface area (Å²) >= 11 is 1.73. The maximum atomic E-state index is 5.88. The van der Waals surface area contributed by atoms with E-state index >= 15 is 0 Å². The minimum absolute atomic E-state index is 0.516. The van der Waals surface area contributed by atoms with E-state index in [0.29, 0.717) is 12.5 Å². The fourth-order valence-electron chi connectivity index (χ4n) is 2.06. The van der Waals surface area contributed by atoms with Crippen LogP contribution in [0.2, 0.25) is 0 Å². The van der Waals surface area contributed by atoms with Gasteiger partial charge in [0.1, 0.15) is 17.4 Å². The van der Waals surface area contributed by atoms with E-state index in [1.165, 1.54) is 10.4 Å². The lowest BCUT2D eigenvalue weighted by Crippen LogP contribution is -2.11. The molecule has 0 aliphatic carbocycles. The first-order chi connectivity index (χ1) is 10.1. The van der Waals surface area contributed by atoms with Crippen molar-refractivity contribution in [2.45, 2.75) is 46.8 Å². The van der Waals surface area contributed by atoms with Gasteiger partial charge in [0.25, 0.3) is 0 Å². The summed E-state index contributed by atoms with van der Waals surface area (Å²) in [5.74, 6) is 1.43. The van der Waals surface area contributed by atoms with Crippen molar-refractivity contribution in [3.8, 4) is 5.75 Å². The maximum absolute atomic E-state index is 5.88. The minimum Gasteiger partial charge on any atom is -0.486 e. The van der Waals surface area contributed by atoms with Crippen molar-refractivity contribution in [2.24, 2.45) is 0 Å². The lowest BCUT2D eigenvalue weighted by Gasteiger charge is -2.08. The molecule has 0 aliphatic heterocycles. The molecule has 4 heteroatoms. The van der Waals surface area contributed by atoms with Crippen molar-refractivity contribution in [2.75, 3.05) is 6.54 Å². The van der Waals surface area contributed by atoms with E-state index in [9.17, 15) is 0 Å².